The van der Waals surface area contributed by atoms with Gasteiger partial charge in [0, 0.05) is 19.3 Å². The molecule has 2 N–H and O–H groups in total. The Morgan fingerprint density at radius 3 is 2.62 bits per heavy atom. The highest BCUT2D eigenvalue weighted by Gasteiger charge is 2.39. The quantitative estimate of drug-likeness (QED) is 0.767. The van der Waals surface area contributed by atoms with Crippen LogP contribution in [0.25, 0.3) is 0 Å². The number of carbonyl (C=O) groups is 1. The van der Waals surface area contributed by atoms with Crippen LogP contribution in [0, 0.1) is 5.41 Å². The molecule has 5 heteroatoms. The molecule has 0 saturated carbocycles. The van der Waals surface area contributed by atoms with Gasteiger partial charge in [-0.05, 0) is 56.7 Å². The van der Waals surface area contributed by atoms with Crippen molar-refractivity contribution in [3.05, 3.63) is 29.8 Å². The Kier molecular flexibility index (Phi) is 7.21. The van der Waals surface area contributed by atoms with Crippen LogP contribution in [0.5, 0.6) is 0 Å². The highest BCUT2D eigenvalue weighted by molar-refractivity contribution is 5.95. The molecule has 0 bridgehead atoms. The fraction of sp³-hybridized carbons (Fsp3) is 0.632. The number of piperidine rings is 1. The molecule has 0 aliphatic carbocycles. The number of benzene rings is 1. The Hall–Kier alpha value is -1.43. The van der Waals surface area contributed by atoms with Gasteiger partial charge in [0.05, 0.1) is 12.0 Å². The first-order valence-corrected chi connectivity index (χ1v) is 8.96. The third-order valence-corrected chi connectivity index (χ3v) is 4.95. The minimum atomic E-state index is -0.422. The molecule has 5 nitrogen and oxygen atoms in total. The van der Waals surface area contributed by atoms with Gasteiger partial charge in [0.2, 0.25) is 5.91 Å². The van der Waals surface area contributed by atoms with Gasteiger partial charge in [0.25, 0.3) is 0 Å². The third kappa shape index (κ3) is 4.79. The van der Waals surface area contributed by atoms with E-state index in [9.17, 15) is 4.79 Å². The molecule has 134 valence electrons. The maximum atomic E-state index is 12.9. The summed E-state index contributed by atoms with van der Waals surface area (Å²) in [5.41, 5.74) is 1.68. The van der Waals surface area contributed by atoms with E-state index in [0.717, 1.165) is 51.3 Å². The summed E-state index contributed by atoms with van der Waals surface area (Å²) in [5, 5.41) is 6.44. The van der Waals surface area contributed by atoms with Crippen molar-refractivity contribution in [2.45, 2.75) is 33.2 Å². The van der Waals surface area contributed by atoms with Crippen LogP contribution in [-0.2, 0) is 16.1 Å². The molecule has 1 fully saturated rings. The van der Waals surface area contributed by atoms with E-state index < -0.39 is 5.41 Å². The molecule has 1 aromatic rings. The SMILES string of the molecule is CCN(CC)Cc1cccc(NC(=O)C2(COC)CCNCC2)c1. The number of ether oxygens (including phenoxy) is 1. The van der Waals surface area contributed by atoms with E-state index >= 15 is 0 Å². The second-order valence-electron chi connectivity index (χ2n) is 6.58. The van der Waals surface area contributed by atoms with E-state index in [1.54, 1.807) is 7.11 Å². The first-order valence-electron chi connectivity index (χ1n) is 8.96. The van der Waals surface area contributed by atoms with Crippen molar-refractivity contribution in [1.29, 1.82) is 0 Å². The summed E-state index contributed by atoms with van der Waals surface area (Å²) < 4.78 is 5.35. The minimum absolute atomic E-state index is 0.0749. The monoisotopic (exact) mass is 333 g/mol. The highest BCUT2D eigenvalue weighted by Crippen LogP contribution is 2.31. The minimum Gasteiger partial charge on any atom is -0.384 e. The van der Waals surface area contributed by atoms with Crippen molar-refractivity contribution < 1.29 is 9.53 Å². The molecule has 2 rings (SSSR count). The van der Waals surface area contributed by atoms with E-state index in [1.807, 2.05) is 12.1 Å². The van der Waals surface area contributed by atoms with Gasteiger partial charge in [0.15, 0.2) is 0 Å². The fourth-order valence-electron chi connectivity index (χ4n) is 3.34. The Morgan fingerprint density at radius 2 is 2.00 bits per heavy atom. The molecule has 1 aliphatic heterocycles. The smallest absolute Gasteiger partial charge is 0.233 e. The van der Waals surface area contributed by atoms with Crippen molar-refractivity contribution in [3.63, 3.8) is 0 Å². The number of methoxy groups -OCH3 is 1. The number of carbonyl (C=O) groups excluding carboxylic acids is 1. The van der Waals surface area contributed by atoms with Crippen molar-refractivity contribution in [3.8, 4) is 0 Å². The van der Waals surface area contributed by atoms with Crippen LogP contribution >= 0.6 is 0 Å². The lowest BCUT2D eigenvalue weighted by Crippen LogP contribution is -2.47. The molecular formula is C19H31N3O2. The van der Waals surface area contributed by atoms with Gasteiger partial charge < -0.3 is 15.4 Å². The maximum absolute atomic E-state index is 12.9. The highest BCUT2D eigenvalue weighted by atomic mass is 16.5. The summed E-state index contributed by atoms with van der Waals surface area (Å²) in [6, 6.07) is 8.17. The molecular weight excluding hydrogens is 302 g/mol. The molecule has 0 aromatic heterocycles. The van der Waals surface area contributed by atoms with Gasteiger partial charge in [-0.3, -0.25) is 9.69 Å². The Bertz CT molecular complexity index is 518. The van der Waals surface area contributed by atoms with E-state index in [4.69, 9.17) is 4.74 Å². The molecule has 0 unspecified atom stereocenters. The molecule has 1 saturated heterocycles. The summed E-state index contributed by atoms with van der Waals surface area (Å²) >= 11 is 0. The first-order chi connectivity index (χ1) is 11.6. The van der Waals surface area contributed by atoms with Crippen LogP contribution in [0.1, 0.15) is 32.3 Å². The zero-order valence-electron chi connectivity index (χ0n) is 15.2. The van der Waals surface area contributed by atoms with E-state index in [1.165, 1.54) is 5.56 Å². The number of hydrogen-bond donors (Lipinski definition) is 2. The second-order valence-corrected chi connectivity index (χ2v) is 6.58. The predicted molar refractivity (Wildman–Crippen MR) is 98.1 cm³/mol. The summed E-state index contributed by atoms with van der Waals surface area (Å²) in [6.45, 7) is 9.48. The number of nitrogens with zero attached hydrogens (tertiary/aromatic N) is 1. The average Bonchev–Trinajstić information content (AvgIpc) is 2.61. The molecule has 0 spiro atoms. The molecule has 0 atom stereocenters. The number of anilines is 1. The van der Waals surface area contributed by atoms with E-state index in [0.29, 0.717) is 6.61 Å². The number of rotatable bonds is 8. The fourth-order valence-corrected chi connectivity index (χ4v) is 3.34. The van der Waals surface area contributed by atoms with Crippen LogP contribution in [0.2, 0.25) is 0 Å². The molecule has 1 aliphatic rings. The van der Waals surface area contributed by atoms with Gasteiger partial charge >= 0.3 is 0 Å². The molecule has 0 radical (unpaired) electrons. The van der Waals surface area contributed by atoms with Crippen molar-refractivity contribution in [2.24, 2.45) is 5.41 Å². The Morgan fingerprint density at radius 1 is 1.29 bits per heavy atom. The Balaban J connectivity index is 2.07. The largest absolute Gasteiger partial charge is 0.384 e. The molecule has 24 heavy (non-hydrogen) atoms. The van der Waals surface area contributed by atoms with Crippen LogP contribution in [0.15, 0.2) is 24.3 Å². The number of hydrogen-bond acceptors (Lipinski definition) is 4. The summed E-state index contributed by atoms with van der Waals surface area (Å²) in [4.78, 5) is 15.3. The molecule has 1 aromatic carbocycles. The standard InChI is InChI=1S/C19H31N3O2/c1-4-22(5-2)14-16-7-6-8-17(13-16)21-18(23)19(15-24-3)9-11-20-12-10-19/h6-8,13,20H,4-5,9-12,14-15H2,1-3H3,(H,21,23). The molecule has 1 amide bonds. The van der Waals surface area contributed by atoms with Crippen LogP contribution in [0.4, 0.5) is 5.69 Å². The summed E-state index contributed by atoms with van der Waals surface area (Å²) in [7, 11) is 1.67. The van der Waals surface area contributed by atoms with Gasteiger partial charge in [-0.2, -0.15) is 0 Å². The normalized spacial score (nSPS) is 17.0. The molecule has 1 heterocycles. The lowest BCUT2D eigenvalue weighted by molar-refractivity contribution is -0.130. The topological polar surface area (TPSA) is 53.6 Å². The average molecular weight is 333 g/mol. The lowest BCUT2D eigenvalue weighted by atomic mass is 9.78. The van der Waals surface area contributed by atoms with Crippen molar-refractivity contribution >= 4 is 11.6 Å². The van der Waals surface area contributed by atoms with Crippen LogP contribution < -0.4 is 10.6 Å². The lowest BCUT2D eigenvalue weighted by Gasteiger charge is -2.35. The number of nitrogens with one attached hydrogen (secondary N) is 2. The number of amides is 1. The zero-order valence-corrected chi connectivity index (χ0v) is 15.2. The first kappa shape index (κ1) is 18.9. The van der Waals surface area contributed by atoms with Crippen molar-refractivity contribution in [1.82, 2.24) is 10.2 Å². The Labute approximate surface area is 145 Å². The third-order valence-electron chi connectivity index (χ3n) is 4.95. The summed E-state index contributed by atoms with van der Waals surface area (Å²) in [6.07, 6.45) is 1.62. The second kappa shape index (κ2) is 9.16. The van der Waals surface area contributed by atoms with Crippen LogP contribution in [0.3, 0.4) is 0 Å². The predicted octanol–water partition coefficient (Wildman–Crippen LogP) is 2.48. The van der Waals surface area contributed by atoms with Gasteiger partial charge in [-0.25, -0.2) is 0 Å². The van der Waals surface area contributed by atoms with E-state index in [-0.39, 0.29) is 5.91 Å². The van der Waals surface area contributed by atoms with Gasteiger partial charge in [0.1, 0.15) is 0 Å². The van der Waals surface area contributed by atoms with Crippen LogP contribution in [-0.4, -0.2) is 50.7 Å². The van der Waals surface area contributed by atoms with Crippen molar-refractivity contribution in [2.75, 3.05) is 45.2 Å². The van der Waals surface area contributed by atoms with Gasteiger partial charge in [-0.15, -0.1) is 0 Å². The maximum Gasteiger partial charge on any atom is 0.233 e. The zero-order chi connectivity index (χ0) is 17.4. The van der Waals surface area contributed by atoms with E-state index in [2.05, 4.69) is 41.5 Å². The summed E-state index contributed by atoms with van der Waals surface area (Å²) in [5.74, 6) is 0.0749. The van der Waals surface area contributed by atoms with Gasteiger partial charge in [-0.1, -0.05) is 26.0 Å².